The molecule has 6 heteroatoms. The topological polar surface area (TPSA) is 37.8 Å². The molecule has 1 aromatic heterocycles. The van der Waals surface area contributed by atoms with Crippen molar-refractivity contribution >= 4 is 45.3 Å². The van der Waals surface area contributed by atoms with Crippen LogP contribution in [-0.4, -0.2) is 22.8 Å². The Morgan fingerprint density at radius 1 is 1.21 bits per heavy atom. The highest BCUT2D eigenvalue weighted by Gasteiger charge is 2.05. The number of halogens is 1. The first-order valence-electron chi connectivity index (χ1n) is 5.81. The van der Waals surface area contributed by atoms with Crippen molar-refractivity contribution in [3.63, 3.8) is 0 Å². The minimum Gasteiger partial charge on any atom is -0.370 e. The summed E-state index contributed by atoms with van der Waals surface area (Å²) in [5.41, 5.74) is 0. The fraction of sp³-hybridized carbons (Fsp3) is 0.231. The molecule has 1 aromatic carbocycles. The van der Waals surface area contributed by atoms with Crippen molar-refractivity contribution in [3.05, 3.63) is 34.8 Å². The average molecular weight is 356 g/mol. The molecule has 19 heavy (non-hydrogen) atoms. The van der Waals surface area contributed by atoms with Crippen molar-refractivity contribution in [2.24, 2.45) is 0 Å². The number of nitrogens with one attached hydrogen (secondary N) is 1. The van der Waals surface area contributed by atoms with E-state index in [1.54, 1.807) is 23.5 Å². The van der Waals surface area contributed by atoms with E-state index >= 15 is 0 Å². The first-order chi connectivity index (χ1) is 9.21. The van der Waals surface area contributed by atoms with Gasteiger partial charge in [-0.25, -0.2) is 9.97 Å². The van der Waals surface area contributed by atoms with Gasteiger partial charge in [-0.15, -0.1) is 0 Å². The normalized spacial score (nSPS) is 10.5. The van der Waals surface area contributed by atoms with Crippen molar-refractivity contribution in [3.8, 4) is 0 Å². The summed E-state index contributed by atoms with van der Waals surface area (Å²) in [4.78, 5) is 10.1. The van der Waals surface area contributed by atoms with Gasteiger partial charge in [-0.1, -0.05) is 39.5 Å². The fourth-order valence-electron chi connectivity index (χ4n) is 1.44. The zero-order chi connectivity index (χ0) is 13.7. The summed E-state index contributed by atoms with van der Waals surface area (Å²) in [6, 6.07) is 10.2. The zero-order valence-electron chi connectivity index (χ0n) is 10.7. The number of benzene rings is 1. The van der Waals surface area contributed by atoms with Crippen LogP contribution >= 0.6 is 39.5 Å². The quantitative estimate of drug-likeness (QED) is 0.484. The monoisotopic (exact) mass is 355 g/mol. The highest BCUT2D eigenvalue weighted by molar-refractivity contribution is 9.10. The average Bonchev–Trinajstić information content (AvgIpc) is 2.41. The molecule has 0 atom stereocenters. The third-order valence-corrected chi connectivity index (χ3v) is 4.26. The maximum absolute atomic E-state index is 4.51. The SMILES string of the molecule is CCNc1cc(Sc2ccc(Br)cc2)nc(SC)n1. The van der Waals surface area contributed by atoms with Gasteiger partial charge in [0.15, 0.2) is 5.16 Å². The van der Waals surface area contributed by atoms with E-state index in [2.05, 4.69) is 50.3 Å². The molecule has 100 valence electrons. The summed E-state index contributed by atoms with van der Waals surface area (Å²) in [6.45, 7) is 2.91. The molecule has 0 bridgehead atoms. The van der Waals surface area contributed by atoms with Gasteiger partial charge in [0.25, 0.3) is 0 Å². The number of hydrogen-bond donors (Lipinski definition) is 1. The molecule has 0 spiro atoms. The molecule has 0 aliphatic carbocycles. The lowest BCUT2D eigenvalue weighted by Crippen LogP contribution is -2.01. The molecular formula is C13H14BrN3S2. The summed E-state index contributed by atoms with van der Waals surface area (Å²) < 4.78 is 1.08. The largest absolute Gasteiger partial charge is 0.370 e. The highest BCUT2D eigenvalue weighted by atomic mass is 79.9. The lowest BCUT2D eigenvalue weighted by atomic mass is 10.4. The molecule has 0 radical (unpaired) electrons. The van der Waals surface area contributed by atoms with Crippen molar-refractivity contribution < 1.29 is 0 Å². The van der Waals surface area contributed by atoms with Crippen LogP contribution in [0, 0.1) is 0 Å². The Bertz CT molecular complexity index is 546. The Morgan fingerprint density at radius 2 is 1.95 bits per heavy atom. The molecular weight excluding hydrogens is 342 g/mol. The Kier molecular flexibility index (Phi) is 5.54. The van der Waals surface area contributed by atoms with Crippen LogP contribution < -0.4 is 5.32 Å². The van der Waals surface area contributed by atoms with Crippen LogP contribution in [0.3, 0.4) is 0 Å². The van der Waals surface area contributed by atoms with Gasteiger partial charge in [-0.3, -0.25) is 0 Å². The first kappa shape index (κ1) is 14.7. The van der Waals surface area contributed by atoms with Crippen LogP contribution in [0.5, 0.6) is 0 Å². The molecule has 2 rings (SSSR count). The Morgan fingerprint density at radius 3 is 2.58 bits per heavy atom. The van der Waals surface area contributed by atoms with E-state index in [0.717, 1.165) is 31.9 Å². The Balaban J connectivity index is 2.23. The Hall–Kier alpha value is -0.720. The zero-order valence-corrected chi connectivity index (χ0v) is 13.9. The summed E-state index contributed by atoms with van der Waals surface area (Å²) in [5, 5.41) is 4.98. The van der Waals surface area contributed by atoms with Crippen molar-refractivity contribution in [1.82, 2.24) is 9.97 Å². The lowest BCUT2D eigenvalue weighted by Gasteiger charge is -2.07. The molecule has 1 heterocycles. The number of anilines is 1. The third-order valence-electron chi connectivity index (χ3n) is 2.26. The predicted octanol–water partition coefficient (Wildman–Crippen LogP) is 4.54. The maximum atomic E-state index is 4.51. The van der Waals surface area contributed by atoms with Gasteiger partial charge < -0.3 is 5.32 Å². The molecule has 0 saturated heterocycles. The molecule has 0 saturated carbocycles. The van der Waals surface area contributed by atoms with Crippen molar-refractivity contribution in [2.75, 3.05) is 18.1 Å². The van der Waals surface area contributed by atoms with Crippen LogP contribution in [-0.2, 0) is 0 Å². The van der Waals surface area contributed by atoms with E-state index in [1.807, 2.05) is 24.5 Å². The van der Waals surface area contributed by atoms with E-state index in [0.29, 0.717) is 0 Å². The van der Waals surface area contributed by atoms with Crippen LogP contribution in [0.1, 0.15) is 6.92 Å². The van der Waals surface area contributed by atoms with Gasteiger partial charge >= 0.3 is 0 Å². The minimum atomic E-state index is 0.790. The summed E-state index contributed by atoms with van der Waals surface area (Å²) in [5.74, 6) is 0.876. The van der Waals surface area contributed by atoms with Gasteiger partial charge in [0.05, 0.1) is 0 Å². The van der Waals surface area contributed by atoms with Crippen molar-refractivity contribution in [1.29, 1.82) is 0 Å². The number of hydrogen-bond acceptors (Lipinski definition) is 5. The molecule has 2 aromatic rings. The molecule has 0 unspecified atom stereocenters. The fourth-order valence-corrected chi connectivity index (χ4v) is 2.96. The summed E-state index contributed by atoms with van der Waals surface area (Å²) in [7, 11) is 0. The van der Waals surface area contributed by atoms with Crippen LogP contribution in [0.25, 0.3) is 0 Å². The number of aromatic nitrogens is 2. The molecule has 0 fully saturated rings. The maximum Gasteiger partial charge on any atom is 0.190 e. The van der Waals surface area contributed by atoms with Gasteiger partial charge in [0, 0.05) is 22.0 Å². The van der Waals surface area contributed by atoms with Crippen LogP contribution in [0.2, 0.25) is 0 Å². The minimum absolute atomic E-state index is 0.790. The molecule has 0 amide bonds. The number of nitrogens with zero attached hydrogens (tertiary/aromatic N) is 2. The third kappa shape index (κ3) is 4.40. The molecule has 3 nitrogen and oxygen atoms in total. The van der Waals surface area contributed by atoms with Gasteiger partial charge in [0.2, 0.25) is 0 Å². The smallest absolute Gasteiger partial charge is 0.190 e. The second kappa shape index (κ2) is 7.17. The Labute approximate surface area is 130 Å². The summed E-state index contributed by atoms with van der Waals surface area (Å²) in [6.07, 6.45) is 1.99. The second-order valence-corrected chi connectivity index (χ2v) is 6.45. The molecule has 0 aliphatic heterocycles. The lowest BCUT2D eigenvalue weighted by molar-refractivity contribution is 0.891. The van der Waals surface area contributed by atoms with E-state index < -0.39 is 0 Å². The first-order valence-corrected chi connectivity index (χ1v) is 8.65. The van der Waals surface area contributed by atoms with Crippen LogP contribution in [0.4, 0.5) is 5.82 Å². The number of thioether (sulfide) groups is 1. The summed E-state index contributed by atoms with van der Waals surface area (Å²) >= 11 is 6.63. The van der Waals surface area contributed by atoms with E-state index in [1.165, 1.54) is 0 Å². The molecule has 1 N–H and O–H groups in total. The molecule has 0 aliphatic rings. The standard InChI is InChI=1S/C13H14BrN3S2/c1-3-15-11-8-12(17-13(16-11)18-2)19-10-6-4-9(14)5-7-10/h4-8H,3H2,1-2H3,(H,15,16,17). The van der Waals surface area contributed by atoms with Gasteiger partial charge in [-0.05, 0) is 37.4 Å². The van der Waals surface area contributed by atoms with E-state index in [4.69, 9.17) is 0 Å². The number of rotatable bonds is 5. The van der Waals surface area contributed by atoms with Crippen molar-refractivity contribution in [2.45, 2.75) is 22.0 Å². The van der Waals surface area contributed by atoms with E-state index in [9.17, 15) is 0 Å². The second-order valence-electron chi connectivity index (χ2n) is 3.66. The van der Waals surface area contributed by atoms with Gasteiger partial charge in [-0.2, -0.15) is 0 Å². The highest BCUT2D eigenvalue weighted by Crippen LogP contribution is 2.29. The van der Waals surface area contributed by atoms with Gasteiger partial charge in [0.1, 0.15) is 10.8 Å². The van der Waals surface area contributed by atoms with E-state index in [-0.39, 0.29) is 0 Å². The van der Waals surface area contributed by atoms with Crippen LogP contribution in [0.15, 0.2) is 49.9 Å². The predicted molar refractivity (Wildman–Crippen MR) is 86.2 cm³/mol.